The molecule has 0 aliphatic carbocycles. The van der Waals surface area contributed by atoms with Gasteiger partial charge in [-0.25, -0.2) is 4.79 Å². The maximum atomic E-state index is 13.0. The summed E-state index contributed by atoms with van der Waals surface area (Å²) in [6, 6.07) is 26.0. The molecule has 2 aliphatic heterocycles. The van der Waals surface area contributed by atoms with Gasteiger partial charge in [0.15, 0.2) is 18.7 Å². The zero-order chi connectivity index (χ0) is 25.6. The fourth-order valence-electron chi connectivity index (χ4n) is 4.51. The zero-order valence-corrected chi connectivity index (χ0v) is 20.7. The van der Waals surface area contributed by atoms with Crippen LogP contribution in [-0.2, 0) is 35.0 Å². The van der Waals surface area contributed by atoms with E-state index in [4.69, 9.17) is 33.2 Å². The van der Waals surface area contributed by atoms with E-state index < -0.39 is 43.0 Å². The normalized spacial score (nSPS) is 27.2. The fourth-order valence-corrected chi connectivity index (χ4v) is 4.51. The number of carbonyl (C=O) groups is 1. The second-order valence-electron chi connectivity index (χ2n) is 8.81. The SMILES string of the molecule is COc1ccc(CO[C@@H]2[C@@H](OC(=O)c3ccccc3)[C@@H](OC)O[C@@H]3COC(c4ccccc4)O[C@@H]23)cc1. The molecule has 0 saturated carbocycles. The minimum atomic E-state index is -0.883. The second-order valence-corrected chi connectivity index (χ2v) is 8.81. The van der Waals surface area contributed by atoms with Crippen LogP contribution in [0.5, 0.6) is 5.75 Å². The molecule has 8 heteroatoms. The third-order valence-corrected chi connectivity index (χ3v) is 6.44. The van der Waals surface area contributed by atoms with Gasteiger partial charge in [0, 0.05) is 12.7 Å². The first-order valence-electron chi connectivity index (χ1n) is 12.2. The Morgan fingerprint density at radius 3 is 2.24 bits per heavy atom. The number of hydrogen-bond acceptors (Lipinski definition) is 8. The topological polar surface area (TPSA) is 81.7 Å². The lowest BCUT2D eigenvalue weighted by Gasteiger charge is -2.48. The van der Waals surface area contributed by atoms with Crippen molar-refractivity contribution in [3.05, 3.63) is 102 Å². The minimum absolute atomic E-state index is 0.258. The van der Waals surface area contributed by atoms with E-state index in [0.29, 0.717) is 5.56 Å². The molecule has 0 N–H and O–H groups in total. The van der Waals surface area contributed by atoms with E-state index >= 15 is 0 Å². The monoisotopic (exact) mass is 506 g/mol. The predicted molar refractivity (Wildman–Crippen MR) is 133 cm³/mol. The Morgan fingerprint density at radius 2 is 1.57 bits per heavy atom. The first-order valence-corrected chi connectivity index (χ1v) is 12.2. The van der Waals surface area contributed by atoms with Crippen molar-refractivity contribution < 1.29 is 38.0 Å². The van der Waals surface area contributed by atoms with Crippen molar-refractivity contribution >= 4 is 5.97 Å². The summed E-state index contributed by atoms with van der Waals surface area (Å²) >= 11 is 0. The lowest BCUT2D eigenvalue weighted by atomic mass is 9.97. The van der Waals surface area contributed by atoms with Crippen LogP contribution in [0.3, 0.4) is 0 Å². The zero-order valence-electron chi connectivity index (χ0n) is 20.7. The van der Waals surface area contributed by atoms with Crippen LogP contribution in [0, 0.1) is 0 Å². The van der Waals surface area contributed by atoms with Gasteiger partial charge in [-0.15, -0.1) is 0 Å². The Balaban J connectivity index is 1.41. The first-order chi connectivity index (χ1) is 18.2. The van der Waals surface area contributed by atoms with E-state index in [-0.39, 0.29) is 13.2 Å². The third kappa shape index (κ3) is 5.84. The van der Waals surface area contributed by atoms with Gasteiger partial charge in [-0.2, -0.15) is 0 Å². The van der Waals surface area contributed by atoms with Gasteiger partial charge in [0.1, 0.15) is 24.1 Å². The summed E-state index contributed by atoms with van der Waals surface area (Å²) in [6.45, 7) is 0.528. The van der Waals surface area contributed by atoms with Gasteiger partial charge in [-0.05, 0) is 29.8 Å². The first kappa shape index (κ1) is 25.4. The smallest absolute Gasteiger partial charge is 0.338 e. The molecule has 6 atom stereocenters. The molecule has 3 aromatic rings. The molecular formula is C29H30O8. The summed E-state index contributed by atoms with van der Waals surface area (Å²) in [7, 11) is 3.13. The number of hydrogen-bond donors (Lipinski definition) is 0. The predicted octanol–water partition coefficient (Wildman–Crippen LogP) is 4.29. The van der Waals surface area contributed by atoms with Crippen LogP contribution in [0.4, 0.5) is 0 Å². The molecule has 2 aliphatic rings. The highest BCUT2D eigenvalue weighted by molar-refractivity contribution is 5.89. The summed E-state index contributed by atoms with van der Waals surface area (Å²) in [5.74, 6) is 0.252. The van der Waals surface area contributed by atoms with E-state index in [0.717, 1.165) is 16.9 Å². The Labute approximate surface area is 216 Å². The molecule has 2 saturated heterocycles. The summed E-state index contributed by atoms with van der Waals surface area (Å²) in [6.07, 6.45) is -4.09. The average molecular weight is 507 g/mol. The number of rotatable bonds is 8. The van der Waals surface area contributed by atoms with Gasteiger partial charge in [-0.3, -0.25) is 0 Å². The fraction of sp³-hybridized carbons (Fsp3) is 0.345. The largest absolute Gasteiger partial charge is 0.497 e. The highest BCUT2D eigenvalue weighted by Gasteiger charge is 2.52. The summed E-state index contributed by atoms with van der Waals surface area (Å²) in [5, 5.41) is 0. The lowest BCUT2D eigenvalue weighted by Crippen LogP contribution is -2.63. The molecule has 0 bridgehead atoms. The van der Waals surface area contributed by atoms with Crippen molar-refractivity contribution in [2.24, 2.45) is 0 Å². The quantitative estimate of drug-likeness (QED) is 0.419. The van der Waals surface area contributed by atoms with Crippen molar-refractivity contribution in [2.75, 3.05) is 20.8 Å². The number of carbonyl (C=O) groups excluding carboxylic acids is 1. The number of benzene rings is 3. The highest BCUT2D eigenvalue weighted by atomic mass is 16.8. The van der Waals surface area contributed by atoms with E-state index in [1.807, 2.05) is 60.7 Å². The Kier molecular flexibility index (Phi) is 8.13. The van der Waals surface area contributed by atoms with Crippen LogP contribution in [-0.4, -0.2) is 57.5 Å². The molecule has 0 aromatic heterocycles. The highest BCUT2D eigenvalue weighted by Crippen LogP contribution is 2.37. The molecule has 0 amide bonds. The van der Waals surface area contributed by atoms with Crippen LogP contribution in [0.25, 0.3) is 0 Å². The van der Waals surface area contributed by atoms with Crippen LogP contribution in [0.2, 0.25) is 0 Å². The van der Waals surface area contributed by atoms with Crippen LogP contribution in [0.1, 0.15) is 27.8 Å². The van der Waals surface area contributed by atoms with Crippen molar-refractivity contribution in [2.45, 2.75) is 43.6 Å². The maximum Gasteiger partial charge on any atom is 0.338 e. The Morgan fingerprint density at radius 1 is 0.865 bits per heavy atom. The molecule has 8 nitrogen and oxygen atoms in total. The van der Waals surface area contributed by atoms with Crippen molar-refractivity contribution in [3.8, 4) is 5.75 Å². The van der Waals surface area contributed by atoms with Gasteiger partial charge < -0.3 is 33.2 Å². The second kappa shape index (κ2) is 11.9. The van der Waals surface area contributed by atoms with Crippen molar-refractivity contribution in [1.82, 2.24) is 0 Å². The van der Waals surface area contributed by atoms with Gasteiger partial charge >= 0.3 is 5.97 Å². The molecule has 1 unspecified atom stereocenters. The average Bonchev–Trinajstić information content (AvgIpc) is 2.97. The molecule has 37 heavy (non-hydrogen) atoms. The summed E-state index contributed by atoms with van der Waals surface area (Å²) in [4.78, 5) is 13.0. The van der Waals surface area contributed by atoms with Gasteiger partial charge in [0.25, 0.3) is 0 Å². The van der Waals surface area contributed by atoms with Crippen molar-refractivity contribution in [3.63, 3.8) is 0 Å². The molecular weight excluding hydrogens is 476 g/mol. The van der Waals surface area contributed by atoms with Gasteiger partial charge in [-0.1, -0.05) is 60.7 Å². The minimum Gasteiger partial charge on any atom is -0.497 e. The number of methoxy groups -OCH3 is 2. The number of esters is 1. The maximum absolute atomic E-state index is 13.0. The molecule has 0 spiro atoms. The standard InChI is InChI=1S/C29H30O8/c1-31-22-15-13-19(14-16-22)17-33-25-24-23(18-34-28(37-24)21-11-7-4-8-12-21)35-29(32-2)26(25)36-27(30)20-9-5-3-6-10-20/h3-16,23-26,28-29H,17-18H2,1-2H3/t23-,24-,25+,26-,28?,29+/m1/s1. The Hall–Kier alpha value is -3.27. The lowest BCUT2D eigenvalue weighted by molar-refractivity contribution is -0.363. The van der Waals surface area contributed by atoms with Crippen LogP contribution >= 0.6 is 0 Å². The molecule has 2 fully saturated rings. The van der Waals surface area contributed by atoms with E-state index in [1.165, 1.54) is 7.11 Å². The van der Waals surface area contributed by atoms with E-state index in [1.54, 1.807) is 31.4 Å². The number of fused-ring (bicyclic) bond motifs is 1. The Bertz CT molecular complexity index is 1140. The molecule has 194 valence electrons. The molecule has 5 rings (SSSR count). The van der Waals surface area contributed by atoms with Crippen LogP contribution in [0.15, 0.2) is 84.9 Å². The van der Waals surface area contributed by atoms with Crippen LogP contribution < -0.4 is 4.74 Å². The van der Waals surface area contributed by atoms with Crippen molar-refractivity contribution in [1.29, 1.82) is 0 Å². The molecule has 0 radical (unpaired) electrons. The van der Waals surface area contributed by atoms with Gasteiger partial charge in [0.2, 0.25) is 0 Å². The molecule has 3 aromatic carbocycles. The number of ether oxygens (including phenoxy) is 7. The molecule has 2 heterocycles. The van der Waals surface area contributed by atoms with E-state index in [9.17, 15) is 4.79 Å². The van der Waals surface area contributed by atoms with Gasteiger partial charge in [0.05, 0.1) is 25.9 Å². The summed E-state index contributed by atoms with van der Waals surface area (Å²) in [5.41, 5.74) is 2.22. The van der Waals surface area contributed by atoms with E-state index in [2.05, 4.69) is 0 Å². The summed E-state index contributed by atoms with van der Waals surface area (Å²) < 4.78 is 41.7. The third-order valence-electron chi connectivity index (χ3n) is 6.44.